The van der Waals surface area contributed by atoms with Crippen LogP contribution in [-0.2, 0) is 27.4 Å². The molecule has 40 heavy (non-hydrogen) atoms. The van der Waals surface area contributed by atoms with E-state index in [0.717, 1.165) is 25.8 Å². The number of likely N-dealkylation sites (tertiary alicyclic amines) is 1. The second kappa shape index (κ2) is 12.2. The van der Waals surface area contributed by atoms with E-state index in [2.05, 4.69) is 15.0 Å². The summed E-state index contributed by atoms with van der Waals surface area (Å²) in [6.45, 7) is 5.00. The summed E-state index contributed by atoms with van der Waals surface area (Å²) >= 11 is 0. The number of rotatable bonds is 13. The summed E-state index contributed by atoms with van der Waals surface area (Å²) in [7, 11) is 1.58. The number of hydrogen-bond acceptors (Lipinski definition) is 7. The van der Waals surface area contributed by atoms with Crippen molar-refractivity contribution in [2.24, 2.45) is 5.92 Å². The molecule has 1 aliphatic carbocycles. The molecule has 0 atom stereocenters. The lowest BCUT2D eigenvalue weighted by Crippen LogP contribution is -2.40. The fourth-order valence-electron chi connectivity index (χ4n) is 5.23. The molecule has 0 unspecified atom stereocenters. The molecule has 3 aromatic heterocycles. The number of aromatic amines is 1. The van der Waals surface area contributed by atoms with E-state index in [1.54, 1.807) is 24.3 Å². The summed E-state index contributed by atoms with van der Waals surface area (Å²) in [4.78, 5) is 67.3. The smallest absolute Gasteiger partial charge is 0.332 e. The fraction of sp³-hybridized carbons (Fsp3) is 0.571. The van der Waals surface area contributed by atoms with Gasteiger partial charge in [0.05, 0.1) is 0 Å². The Bertz CT molecular complexity index is 1490. The maximum absolute atomic E-state index is 13.2. The molecule has 1 aliphatic heterocycles. The number of imidazole rings is 1. The topological polar surface area (TPSA) is 135 Å². The van der Waals surface area contributed by atoms with Gasteiger partial charge in [0, 0.05) is 70.5 Å². The molecule has 12 nitrogen and oxygen atoms in total. The highest BCUT2D eigenvalue weighted by molar-refractivity contribution is 5.95. The number of aryl methyl sites for hydroxylation is 1. The molecular weight excluding hydrogens is 514 g/mol. The van der Waals surface area contributed by atoms with Crippen molar-refractivity contribution in [1.82, 2.24) is 29.0 Å². The monoisotopic (exact) mass is 551 g/mol. The predicted octanol–water partition coefficient (Wildman–Crippen LogP) is 2.15. The number of hydrogen-bond donors (Lipinski definition) is 1. The van der Waals surface area contributed by atoms with Crippen LogP contribution in [0, 0.1) is 5.92 Å². The van der Waals surface area contributed by atoms with Gasteiger partial charge in [-0.15, -0.1) is 0 Å². The zero-order valence-corrected chi connectivity index (χ0v) is 23.2. The second-order valence-electron chi connectivity index (χ2n) is 10.5. The Balaban J connectivity index is 1.40. The van der Waals surface area contributed by atoms with Crippen LogP contribution in [-0.4, -0.2) is 74.2 Å². The summed E-state index contributed by atoms with van der Waals surface area (Å²) < 4.78 is 7.85. The summed E-state index contributed by atoms with van der Waals surface area (Å²) in [6, 6.07) is 3.60. The molecule has 5 rings (SSSR count). The van der Waals surface area contributed by atoms with Crippen molar-refractivity contribution in [3.05, 3.63) is 39.2 Å². The van der Waals surface area contributed by atoms with Crippen molar-refractivity contribution in [2.75, 3.05) is 38.3 Å². The van der Waals surface area contributed by atoms with Crippen LogP contribution in [0.2, 0.25) is 0 Å². The molecule has 214 valence electrons. The lowest BCUT2D eigenvalue weighted by Gasteiger charge is -2.23. The van der Waals surface area contributed by atoms with Crippen LogP contribution >= 0.6 is 0 Å². The Morgan fingerprint density at radius 3 is 2.60 bits per heavy atom. The Morgan fingerprint density at radius 2 is 1.95 bits per heavy atom. The van der Waals surface area contributed by atoms with Crippen LogP contribution in [0.1, 0.15) is 51.9 Å². The lowest BCUT2D eigenvalue weighted by atomic mass is 10.2. The number of methoxy groups -OCH3 is 1. The molecule has 2 fully saturated rings. The fourth-order valence-corrected chi connectivity index (χ4v) is 5.23. The van der Waals surface area contributed by atoms with Crippen LogP contribution < -0.4 is 16.1 Å². The van der Waals surface area contributed by atoms with Crippen molar-refractivity contribution in [2.45, 2.75) is 65.0 Å². The minimum Gasteiger partial charge on any atom is -0.385 e. The van der Waals surface area contributed by atoms with Gasteiger partial charge in [-0.25, -0.2) is 14.8 Å². The number of nitrogens with one attached hydrogen (secondary N) is 1. The minimum absolute atomic E-state index is 0.0339. The zero-order chi connectivity index (χ0) is 28.2. The Kier molecular flexibility index (Phi) is 8.43. The third-order valence-corrected chi connectivity index (χ3v) is 7.51. The Morgan fingerprint density at radius 1 is 1.12 bits per heavy atom. The van der Waals surface area contributed by atoms with Crippen molar-refractivity contribution in [1.29, 1.82) is 0 Å². The van der Waals surface area contributed by atoms with E-state index in [4.69, 9.17) is 4.74 Å². The highest BCUT2D eigenvalue weighted by Crippen LogP contribution is 2.33. The average Bonchev–Trinajstić information content (AvgIpc) is 3.59. The standard InChI is InChI=1S/C28H37N7O5/c1-3-12-34-25-23(27(38)35(28(34)39)16-6-17-40-2)30-24(31-25)20-10-11-21(29-18-20)33(26(37)19-8-9-19)15-5-14-32-13-4-7-22(32)36/h10-11,18-19H,3-9,12-17H2,1-2H3,(H,30,31). The predicted molar refractivity (Wildman–Crippen MR) is 150 cm³/mol. The molecule has 1 saturated carbocycles. The largest absolute Gasteiger partial charge is 0.385 e. The summed E-state index contributed by atoms with van der Waals surface area (Å²) in [6.07, 6.45) is 6.84. The van der Waals surface area contributed by atoms with E-state index in [9.17, 15) is 19.2 Å². The van der Waals surface area contributed by atoms with Crippen LogP contribution in [0.25, 0.3) is 22.6 Å². The molecule has 1 saturated heterocycles. The highest BCUT2D eigenvalue weighted by atomic mass is 16.5. The SMILES string of the molecule is CCCn1c(=O)n(CCCOC)c(=O)c2[nH]c(-c3ccc(N(CCCN4CCCC4=O)C(=O)C4CC4)nc3)nc21. The zero-order valence-electron chi connectivity index (χ0n) is 23.2. The van der Waals surface area contributed by atoms with Gasteiger partial charge < -0.3 is 14.6 Å². The van der Waals surface area contributed by atoms with Gasteiger partial charge in [-0.3, -0.25) is 28.4 Å². The van der Waals surface area contributed by atoms with Crippen LogP contribution in [0.3, 0.4) is 0 Å². The van der Waals surface area contributed by atoms with Gasteiger partial charge in [0.1, 0.15) is 17.2 Å². The van der Waals surface area contributed by atoms with Gasteiger partial charge in [0.2, 0.25) is 11.8 Å². The number of H-pyrrole nitrogens is 1. The number of pyridine rings is 1. The molecule has 1 N–H and O–H groups in total. The number of anilines is 1. The van der Waals surface area contributed by atoms with Crippen LogP contribution in [0.5, 0.6) is 0 Å². The number of carbonyl (C=O) groups excluding carboxylic acids is 2. The van der Waals surface area contributed by atoms with Crippen molar-refractivity contribution >= 4 is 28.8 Å². The Labute approximate surface area is 232 Å². The number of fused-ring (bicyclic) bond motifs is 1. The number of nitrogens with zero attached hydrogens (tertiary/aromatic N) is 6. The first-order valence-electron chi connectivity index (χ1n) is 14.2. The number of aromatic nitrogens is 5. The van der Waals surface area contributed by atoms with Crippen molar-refractivity contribution in [3.63, 3.8) is 0 Å². The summed E-state index contributed by atoms with van der Waals surface area (Å²) in [5.41, 5.74) is 0.436. The number of amides is 2. The molecule has 0 bridgehead atoms. The highest BCUT2D eigenvalue weighted by Gasteiger charge is 2.34. The van der Waals surface area contributed by atoms with Gasteiger partial charge >= 0.3 is 5.69 Å². The third-order valence-electron chi connectivity index (χ3n) is 7.51. The van der Waals surface area contributed by atoms with Gasteiger partial charge in [0.25, 0.3) is 5.56 Å². The molecule has 2 aliphatic rings. The van der Waals surface area contributed by atoms with Crippen LogP contribution in [0.4, 0.5) is 5.82 Å². The van der Waals surface area contributed by atoms with Crippen molar-refractivity contribution in [3.8, 4) is 11.4 Å². The average molecular weight is 552 g/mol. The molecule has 0 radical (unpaired) electrons. The molecule has 2 amide bonds. The van der Waals surface area contributed by atoms with E-state index in [0.29, 0.717) is 74.8 Å². The van der Waals surface area contributed by atoms with Gasteiger partial charge in [-0.1, -0.05) is 6.92 Å². The van der Waals surface area contributed by atoms with Gasteiger partial charge in [-0.05, 0) is 50.7 Å². The molecule has 4 heterocycles. The first kappa shape index (κ1) is 27.8. The molecule has 3 aromatic rings. The van der Waals surface area contributed by atoms with E-state index in [1.165, 1.54) is 9.13 Å². The summed E-state index contributed by atoms with van der Waals surface area (Å²) in [5, 5.41) is 0. The molecule has 12 heteroatoms. The maximum Gasteiger partial charge on any atom is 0.332 e. The quantitative estimate of drug-likeness (QED) is 0.322. The van der Waals surface area contributed by atoms with E-state index in [1.807, 2.05) is 17.9 Å². The second-order valence-corrected chi connectivity index (χ2v) is 10.5. The first-order valence-corrected chi connectivity index (χ1v) is 14.2. The maximum atomic E-state index is 13.2. The third kappa shape index (κ3) is 5.72. The number of carbonyl (C=O) groups is 2. The van der Waals surface area contributed by atoms with E-state index >= 15 is 0 Å². The lowest BCUT2D eigenvalue weighted by molar-refractivity contribution is -0.127. The van der Waals surface area contributed by atoms with Gasteiger partial charge in [0.15, 0.2) is 5.65 Å². The minimum atomic E-state index is -0.413. The number of ether oxygens (including phenoxy) is 1. The van der Waals surface area contributed by atoms with E-state index in [-0.39, 0.29) is 35.5 Å². The Hall–Kier alpha value is -3.80. The van der Waals surface area contributed by atoms with Gasteiger partial charge in [-0.2, -0.15) is 0 Å². The molecule has 0 aromatic carbocycles. The molecular formula is C28H37N7O5. The first-order chi connectivity index (χ1) is 19.4. The van der Waals surface area contributed by atoms with E-state index < -0.39 is 5.56 Å². The normalized spacial score (nSPS) is 15.3. The molecule has 0 spiro atoms. The summed E-state index contributed by atoms with van der Waals surface area (Å²) in [5.74, 6) is 1.26. The van der Waals surface area contributed by atoms with Crippen LogP contribution in [0.15, 0.2) is 27.9 Å². The van der Waals surface area contributed by atoms with Crippen molar-refractivity contribution < 1.29 is 14.3 Å².